The fourth-order valence-electron chi connectivity index (χ4n) is 3.16. The smallest absolute Gasteiger partial charge is 0.255 e. The number of phenolic OH excluding ortho intramolecular Hbond substituents is 1. The Kier molecular flexibility index (Phi) is 5.48. The van der Waals surface area contributed by atoms with E-state index in [2.05, 4.69) is 12.2 Å². The molecule has 0 bridgehead atoms. The Morgan fingerprint density at radius 3 is 2.71 bits per heavy atom. The van der Waals surface area contributed by atoms with Crippen molar-refractivity contribution in [2.45, 2.75) is 51.5 Å². The zero-order chi connectivity index (χ0) is 15.2. The third kappa shape index (κ3) is 3.90. The van der Waals surface area contributed by atoms with Gasteiger partial charge in [-0.05, 0) is 43.4 Å². The number of hydrogen-bond acceptors (Lipinski definition) is 3. The van der Waals surface area contributed by atoms with E-state index in [0.717, 1.165) is 6.42 Å². The Morgan fingerprint density at radius 2 is 2.10 bits per heavy atom. The predicted molar refractivity (Wildman–Crippen MR) is 82.8 cm³/mol. The summed E-state index contributed by atoms with van der Waals surface area (Å²) in [4.78, 5) is 12.4. The summed E-state index contributed by atoms with van der Waals surface area (Å²) in [5.41, 5.74) is 0.281. The van der Waals surface area contributed by atoms with Gasteiger partial charge in [0.25, 0.3) is 5.91 Å². The van der Waals surface area contributed by atoms with E-state index in [4.69, 9.17) is 4.74 Å². The average Bonchev–Trinajstić information content (AvgIpc) is 2.53. The summed E-state index contributed by atoms with van der Waals surface area (Å²) >= 11 is 0. The summed E-state index contributed by atoms with van der Waals surface area (Å²) in [6.07, 6.45) is 7.09. The van der Waals surface area contributed by atoms with Crippen LogP contribution in [-0.4, -0.2) is 24.2 Å². The molecule has 4 heteroatoms. The van der Waals surface area contributed by atoms with E-state index in [1.54, 1.807) is 19.2 Å². The van der Waals surface area contributed by atoms with E-state index in [1.807, 2.05) is 0 Å². The van der Waals surface area contributed by atoms with Gasteiger partial charge in [-0.3, -0.25) is 4.79 Å². The molecule has 0 saturated heterocycles. The first kappa shape index (κ1) is 15.7. The third-order valence-electron chi connectivity index (χ3n) is 4.42. The molecule has 1 fully saturated rings. The molecule has 1 aromatic carbocycles. The number of carbonyl (C=O) groups excluding carboxylic acids is 1. The molecule has 0 aromatic heterocycles. The van der Waals surface area contributed by atoms with Gasteiger partial charge in [0.05, 0.1) is 12.7 Å². The number of nitrogens with one attached hydrogen (secondary N) is 1. The molecular formula is C17H25NO3. The summed E-state index contributed by atoms with van der Waals surface area (Å²) in [5.74, 6) is 0.903. The number of carbonyl (C=O) groups is 1. The van der Waals surface area contributed by atoms with Crippen molar-refractivity contribution in [3.8, 4) is 11.5 Å². The molecule has 1 saturated carbocycles. The van der Waals surface area contributed by atoms with Gasteiger partial charge in [0, 0.05) is 6.04 Å². The SMILES string of the molecule is CCC(NC(=O)c1cc(OC)ccc1O)C1CCCCC1. The molecule has 1 aliphatic rings. The summed E-state index contributed by atoms with van der Waals surface area (Å²) in [6.45, 7) is 2.10. The number of hydrogen-bond donors (Lipinski definition) is 2. The fraction of sp³-hybridized carbons (Fsp3) is 0.588. The molecule has 1 aromatic rings. The number of rotatable bonds is 5. The highest BCUT2D eigenvalue weighted by Crippen LogP contribution is 2.29. The molecular weight excluding hydrogens is 266 g/mol. The molecule has 21 heavy (non-hydrogen) atoms. The number of benzene rings is 1. The minimum atomic E-state index is -0.219. The first-order valence-electron chi connectivity index (χ1n) is 7.83. The lowest BCUT2D eigenvalue weighted by Gasteiger charge is -2.30. The lowest BCUT2D eigenvalue weighted by Crippen LogP contribution is -2.40. The Morgan fingerprint density at radius 1 is 1.38 bits per heavy atom. The van der Waals surface area contributed by atoms with Crippen LogP contribution in [-0.2, 0) is 0 Å². The van der Waals surface area contributed by atoms with Gasteiger partial charge in [-0.2, -0.15) is 0 Å². The van der Waals surface area contributed by atoms with Crippen molar-refractivity contribution in [3.05, 3.63) is 23.8 Å². The molecule has 4 nitrogen and oxygen atoms in total. The number of phenols is 1. The van der Waals surface area contributed by atoms with Crippen LogP contribution >= 0.6 is 0 Å². The Balaban J connectivity index is 2.08. The standard InChI is InChI=1S/C17H25NO3/c1-3-15(12-7-5-4-6-8-12)18-17(20)14-11-13(21-2)9-10-16(14)19/h9-12,15,19H,3-8H2,1-2H3,(H,18,20). The Hall–Kier alpha value is -1.71. The average molecular weight is 291 g/mol. The molecule has 2 rings (SSSR count). The topological polar surface area (TPSA) is 58.6 Å². The minimum absolute atomic E-state index is 0.00760. The van der Waals surface area contributed by atoms with Crippen molar-refractivity contribution in [2.24, 2.45) is 5.92 Å². The van der Waals surface area contributed by atoms with Crippen LogP contribution in [0.5, 0.6) is 11.5 Å². The second-order valence-electron chi connectivity index (χ2n) is 5.77. The first-order valence-corrected chi connectivity index (χ1v) is 7.83. The van der Waals surface area contributed by atoms with Crippen molar-refractivity contribution in [2.75, 3.05) is 7.11 Å². The quantitative estimate of drug-likeness (QED) is 0.873. The second-order valence-corrected chi connectivity index (χ2v) is 5.77. The van der Waals surface area contributed by atoms with Gasteiger partial charge in [-0.1, -0.05) is 26.2 Å². The van der Waals surface area contributed by atoms with Gasteiger partial charge in [0.1, 0.15) is 11.5 Å². The van der Waals surface area contributed by atoms with E-state index in [1.165, 1.54) is 38.2 Å². The number of methoxy groups -OCH3 is 1. The molecule has 0 aliphatic heterocycles. The highest BCUT2D eigenvalue weighted by atomic mass is 16.5. The van der Waals surface area contributed by atoms with E-state index < -0.39 is 0 Å². The summed E-state index contributed by atoms with van der Waals surface area (Å²) < 4.78 is 5.12. The molecule has 0 heterocycles. The van der Waals surface area contributed by atoms with E-state index in [9.17, 15) is 9.90 Å². The van der Waals surface area contributed by atoms with Crippen molar-refractivity contribution >= 4 is 5.91 Å². The molecule has 1 atom stereocenters. The van der Waals surface area contributed by atoms with Crippen LogP contribution in [0.1, 0.15) is 55.8 Å². The van der Waals surface area contributed by atoms with Crippen LogP contribution < -0.4 is 10.1 Å². The lowest BCUT2D eigenvalue weighted by molar-refractivity contribution is 0.0908. The monoisotopic (exact) mass is 291 g/mol. The summed E-state index contributed by atoms with van der Waals surface area (Å²) in [7, 11) is 1.55. The van der Waals surface area contributed by atoms with Crippen LogP contribution in [0.4, 0.5) is 0 Å². The maximum Gasteiger partial charge on any atom is 0.255 e. The van der Waals surface area contributed by atoms with Crippen molar-refractivity contribution in [1.29, 1.82) is 0 Å². The van der Waals surface area contributed by atoms with E-state index in [-0.39, 0.29) is 23.3 Å². The Labute approximate surface area is 126 Å². The predicted octanol–water partition coefficient (Wildman–Crippen LogP) is 3.49. The number of aromatic hydroxyl groups is 1. The van der Waals surface area contributed by atoms with Crippen LogP contribution in [0.25, 0.3) is 0 Å². The molecule has 116 valence electrons. The van der Waals surface area contributed by atoms with Gasteiger partial charge >= 0.3 is 0 Å². The zero-order valence-electron chi connectivity index (χ0n) is 12.9. The lowest BCUT2D eigenvalue weighted by atomic mass is 9.83. The molecule has 0 radical (unpaired) electrons. The van der Waals surface area contributed by atoms with Gasteiger partial charge in [-0.15, -0.1) is 0 Å². The highest BCUT2D eigenvalue weighted by molar-refractivity contribution is 5.97. The maximum atomic E-state index is 12.4. The summed E-state index contributed by atoms with van der Waals surface area (Å²) in [5, 5.41) is 13.0. The van der Waals surface area contributed by atoms with Gasteiger partial charge in [0.2, 0.25) is 0 Å². The van der Waals surface area contributed by atoms with Gasteiger partial charge < -0.3 is 15.2 Å². The molecule has 1 unspecified atom stereocenters. The van der Waals surface area contributed by atoms with E-state index in [0.29, 0.717) is 11.7 Å². The van der Waals surface area contributed by atoms with Crippen LogP contribution in [0.15, 0.2) is 18.2 Å². The van der Waals surface area contributed by atoms with Gasteiger partial charge in [-0.25, -0.2) is 0 Å². The molecule has 2 N–H and O–H groups in total. The molecule has 0 spiro atoms. The molecule has 1 amide bonds. The van der Waals surface area contributed by atoms with Crippen molar-refractivity contribution in [3.63, 3.8) is 0 Å². The molecule has 1 aliphatic carbocycles. The third-order valence-corrected chi connectivity index (χ3v) is 4.42. The van der Waals surface area contributed by atoms with Gasteiger partial charge in [0.15, 0.2) is 0 Å². The second kappa shape index (κ2) is 7.34. The first-order chi connectivity index (χ1) is 10.2. The van der Waals surface area contributed by atoms with Crippen LogP contribution in [0.2, 0.25) is 0 Å². The minimum Gasteiger partial charge on any atom is -0.507 e. The fourth-order valence-corrected chi connectivity index (χ4v) is 3.16. The Bertz CT molecular complexity index is 481. The summed E-state index contributed by atoms with van der Waals surface area (Å²) in [6, 6.07) is 4.90. The van der Waals surface area contributed by atoms with Crippen molar-refractivity contribution in [1.82, 2.24) is 5.32 Å². The number of amides is 1. The van der Waals surface area contributed by atoms with Crippen LogP contribution in [0.3, 0.4) is 0 Å². The highest BCUT2D eigenvalue weighted by Gasteiger charge is 2.25. The normalized spacial score (nSPS) is 17.2. The van der Waals surface area contributed by atoms with Crippen LogP contribution in [0, 0.1) is 5.92 Å². The maximum absolute atomic E-state index is 12.4. The zero-order valence-corrected chi connectivity index (χ0v) is 12.9. The van der Waals surface area contributed by atoms with E-state index >= 15 is 0 Å². The number of ether oxygens (including phenoxy) is 1. The van der Waals surface area contributed by atoms with Crippen molar-refractivity contribution < 1.29 is 14.6 Å². The largest absolute Gasteiger partial charge is 0.507 e.